The summed E-state index contributed by atoms with van der Waals surface area (Å²) < 4.78 is 11.1. The van der Waals surface area contributed by atoms with E-state index in [1.165, 1.54) is 4.90 Å². The highest BCUT2D eigenvalue weighted by Crippen LogP contribution is 2.40. The molecule has 182 valence electrons. The zero-order valence-electron chi connectivity index (χ0n) is 20.1. The highest BCUT2D eigenvalue weighted by atomic mass is 35.5. The zero-order chi connectivity index (χ0) is 24.8. The summed E-state index contributed by atoms with van der Waals surface area (Å²) in [5.41, 5.74) is 2.31. The van der Waals surface area contributed by atoms with Crippen molar-refractivity contribution < 1.29 is 24.2 Å². The van der Waals surface area contributed by atoms with Crippen LogP contribution >= 0.6 is 11.6 Å². The Morgan fingerprint density at radius 1 is 1.12 bits per heavy atom. The lowest BCUT2D eigenvalue weighted by atomic mass is 9.94. The molecule has 1 aliphatic heterocycles. The smallest absolute Gasteiger partial charge is 0.295 e. The van der Waals surface area contributed by atoms with E-state index in [1.54, 1.807) is 18.2 Å². The molecule has 1 heterocycles. The van der Waals surface area contributed by atoms with Gasteiger partial charge >= 0.3 is 0 Å². The standard InChI is InChI=1S/C27H32ClNO5/c1-5-18-8-10-19(11-9-18)24-23(25(30)20-12-13-22(33-6-2)21(28)16-20)26(31)27(32)29(24)14-7-15-34-17(3)4/h8-13,16-17,24,30H,5-7,14-15H2,1-4H3/t24-/m0/s1. The number of carbonyl (C=O) groups excluding carboxylic acids is 2. The van der Waals surface area contributed by atoms with Crippen LogP contribution in [0.2, 0.25) is 5.02 Å². The van der Waals surface area contributed by atoms with Crippen LogP contribution in [0.15, 0.2) is 48.0 Å². The van der Waals surface area contributed by atoms with Gasteiger partial charge in [0, 0.05) is 18.7 Å². The number of ketones is 1. The second-order valence-electron chi connectivity index (χ2n) is 8.44. The molecule has 0 aliphatic carbocycles. The number of halogens is 1. The van der Waals surface area contributed by atoms with Gasteiger partial charge in [-0.05, 0) is 62.9 Å². The number of hydrogen-bond acceptors (Lipinski definition) is 5. The number of rotatable bonds is 10. The van der Waals surface area contributed by atoms with Crippen LogP contribution in [0.4, 0.5) is 0 Å². The van der Waals surface area contributed by atoms with Crippen molar-refractivity contribution in [3.8, 4) is 5.75 Å². The fourth-order valence-corrected chi connectivity index (χ4v) is 4.26. The summed E-state index contributed by atoms with van der Waals surface area (Å²) in [5, 5.41) is 11.5. The molecule has 0 aromatic heterocycles. The Hall–Kier alpha value is -2.83. The quantitative estimate of drug-likeness (QED) is 0.207. The average Bonchev–Trinajstić information content (AvgIpc) is 3.07. The van der Waals surface area contributed by atoms with Crippen molar-refractivity contribution in [3.63, 3.8) is 0 Å². The first kappa shape index (κ1) is 25.8. The lowest BCUT2D eigenvalue weighted by Gasteiger charge is -2.25. The van der Waals surface area contributed by atoms with Crippen LogP contribution in [0.5, 0.6) is 5.75 Å². The van der Waals surface area contributed by atoms with Crippen LogP contribution in [-0.4, -0.2) is 47.6 Å². The minimum atomic E-state index is -0.711. The van der Waals surface area contributed by atoms with E-state index in [0.717, 1.165) is 17.5 Å². The van der Waals surface area contributed by atoms with Gasteiger partial charge in [-0.1, -0.05) is 42.8 Å². The number of hydrogen-bond donors (Lipinski definition) is 1. The normalized spacial score (nSPS) is 17.6. The molecule has 0 radical (unpaired) electrons. The Bertz CT molecular complexity index is 1060. The summed E-state index contributed by atoms with van der Waals surface area (Å²) in [6.45, 7) is 9.06. The Morgan fingerprint density at radius 2 is 1.82 bits per heavy atom. The Morgan fingerprint density at radius 3 is 2.41 bits per heavy atom. The Kier molecular flexibility index (Phi) is 8.75. The van der Waals surface area contributed by atoms with Crippen molar-refractivity contribution in [2.75, 3.05) is 19.8 Å². The number of aryl methyl sites for hydroxylation is 1. The lowest BCUT2D eigenvalue weighted by Crippen LogP contribution is -2.31. The van der Waals surface area contributed by atoms with Gasteiger partial charge in [0.25, 0.3) is 11.7 Å². The summed E-state index contributed by atoms with van der Waals surface area (Å²) in [6, 6.07) is 11.9. The van der Waals surface area contributed by atoms with Gasteiger partial charge in [0.15, 0.2) is 0 Å². The van der Waals surface area contributed by atoms with Crippen molar-refractivity contribution in [3.05, 3.63) is 69.8 Å². The second-order valence-corrected chi connectivity index (χ2v) is 8.85. The minimum absolute atomic E-state index is 0.0549. The molecule has 0 unspecified atom stereocenters. The second kappa shape index (κ2) is 11.5. The molecular formula is C27H32ClNO5. The van der Waals surface area contributed by atoms with Crippen LogP contribution < -0.4 is 4.74 Å². The van der Waals surface area contributed by atoms with Gasteiger partial charge in [0.05, 0.1) is 29.3 Å². The molecule has 34 heavy (non-hydrogen) atoms. The fourth-order valence-electron chi connectivity index (χ4n) is 4.02. The number of likely N-dealkylation sites (tertiary alicyclic amines) is 1. The first-order valence-corrected chi connectivity index (χ1v) is 12.1. The SMILES string of the molecule is CCOc1ccc(C(O)=C2C(=O)C(=O)N(CCCOC(C)C)[C@H]2c2ccc(CC)cc2)cc1Cl. The summed E-state index contributed by atoms with van der Waals surface area (Å²) >= 11 is 6.31. The molecule has 0 bridgehead atoms. The van der Waals surface area contributed by atoms with E-state index < -0.39 is 17.7 Å². The van der Waals surface area contributed by atoms with E-state index in [2.05, 4.69) is 6.92 Å². The molecule has 3 rings (SSSR count). The molecule has 1 fully saturated rings. The molecular weight excluding hydrogens is 454 g/mol. The summed E-state index contributed by atoms with van der Waals surface area (Å²) in [7, 11) is 0. The van der Waals surface area contributed by atoms with Crippen LogP contribution in [0, 0.1) is 0 Å². The maximum Gasteiger partial charge on any atom is 0.295 e. The zero-order valence-corrected chi connectivity index (χ0v) is 20.9. The number of Topliss-reactive ketones (excluding diaryl/α,β-unsaturated/α-hetero) is 1. The highest BCUT2D eigenvalue weighted by Gasteiger charge is 2.45. The van der Waals surface area contributed by atoms with Crippen LogP contribution in [-0.2, 0) is 20.7 Å². The van der Waals surface area contributed by atoms with E-state index in [9.17, 15) is 14.7 Å². The van der Waals surface area contributed by atoms with Gasteiger partial charge in [-0.25, -0.2) is 0 Å². The predicted octanol–water partition coefficient (Wildman–Crippen LogP) is 5.54. The first-order valence-electron chi connectivity index (χ1n) is 11.7. The van der Waals surface area contributed by atoms with Gasteiger partial charge in [0.1, 0.15) is 11.5 Å². The minimum Gasteiger partial charge on any atom is -0.507 e. The first-order chi connectivity index (χ1) is 16.3. The molecule has 0 spiro atoms. The third-order valence-corrected chi connectivity index (χ3v) is 6.04. The number of aliphatic hydroxyl groups excluding tert-OH is 1. The molecule has 2 aromatic carbocycles. The predicted molar refractivity (Wildman–Crippen MR) is 133 cm³/mol. The topological polar surface area (TPSA) is 76.1 Å². The average molecular weight is 486 g/mol. The monoisotopic (exact) mass is 485 g/mol. The number of carbonyl (C=O) groups is 2. The molecule has 2 aromatic rings. The maximum absolute atomic E-state index is 13.1. The lowest BCUT2D eigenvalue weighted by molar-refractivity contribution is -0.140. The van der Waals surface area contributed by atoms with Gasteiger partial charge in [-0.15, -0.1) is 0 Å². The highest BCUT2D eigenvalue weighted by molar-refractivity contribution is 6.46. The van der Waals surface area contributed by atoms with E-state index in [0.29, 0.717) is 42.5 Å². The van der Waals surface area contributed by atoms with E-state index in [1.807, 2.05) is 45.0 Å². The Labute approximate surface area is 206 Å². The molecule has 1 amide bonds. The van der Waals surface area contributed by atoms with Gasteiger partial charge in [-0.2, -0.15) is 0 Å². The largest absolute Gasteiger partial charge is 0.507 e. The van der Waals surface area contributed by atoms with Crippen molar-refractivity contribution >= 4 is 29.1 Å². The molecule has 1 aliphatic rings. The van der Waals surface area contributed by atoms with Crippen LogP contribution in [0.25, 0.3) is 5.76 Å². The number of benzene rings is 2. The molecule has 7 heteroatoms. The molecule has 1 atom stereocenters. The van der Waals surface area contributed by atoms with Crippen LogP contribution in [0.1, 0.15) is 56.8 Å². The number of amides is 1. The van der Waals surface area contributed by atoms with Crippen LogP contribution in [0.3, 0.4) is 0 Å². The van der Waals surface area contributed by atoms with Gasteiger partial charge in [-0.3, -0.25) is 9.59 Å². The summed E-state index contributed by atoms with van der Waals surface area (Å²) in [5.74, 6) is -1.11. The van der Waals surface area contributed by atoms with E-state index >= 15 is 0 Å². The van der Waals surface area contributed by atoms with Crippen molar-refractivity contribution in [1.82, 2.24) is 4.90 Å². The third kappa shape index (κ3) is 5.62. The van der Waals surface area contributed by atoms with Crippen molar-refractivity contribution in [2.45, 2.75) is 52.7 Å². The number of ether oxygens (including phenoxy) is 2. The molecule has 0 saturated carbocycles. The number of aliphatic hydroxyl groups is 1. The maximum atomic E-state index is 13.1. The van der Waals surface area contributed by atoms with Gasteiger partial charge in [0.2, 0.25) is 0 Å². The Balaban J connectivity index is 2.04. The van der Waals surface area contributed by atoms with E-state index in [4.69, 9.17) is 21.1 Å². The van der Waals surface area contributed by atoms with Crippen molar-refractivity contribution in [1.29, 1.82) is 0 Å². The van der Waals surface area contributed by atoms with E-state index in [-0.39, 0.29) is 17.4 Å². The van der Waals surface area contributed by atoms with Gasteiger partial charge < -0.3 is 19.5 Å². The summed E-state index contributed by atoms with van der Waals surface area (Å²) in [6.07, 6.45) is 1.53. The molecule has 1 saturated heterocycles. The fraction of sp³-hybridized carbons (Fsp3) is 0.407. The third-order valence-electron chi connectivity index (χ3n) is 5.74. The number of nitrogens with zero attached hydrogens (tertiary/aromatic N) is 1. The molecule has 1 N–H and O–H groups in total. The van der Waals surface area contributed by atoms with Crippen molar-refractivity contribution in [2.24, 2.45) is 0 Å². The summed E-state index contributed by atoms with van der Waals surface area (Å²) in [4.78, 5) is 27.7. The molecule has 6 nitrogen and oxygen atoms in total.